The lowest BCUT2D eigenvalue weighted by atomic mass is 10.00. The van der Waals surface area contributed by atoms with E-state index in [9.17, 15) is 4.79 Å². The van der Waals surface area contributed by atoms with Gasteiger partial charge < -0.3 is 15.7 Å². The standard InChI is InChI=1S/C19H28N4O2/c1-6-16(18-13(3)22-23(5)14(18)4)21-17-9-7-8-15(12(17)2)19(25)20-10-11-24/h7-9,16,21,24H,6,10-11H2,1-5H3,(H,20,25). The minimum absolute atomic E-state index is 0.0692. The Kier molecular flexibility index (Phi) is 6.20. The summed E-state index contributed by atoms with van der Waals surface area (Å²) in [7, 11) is 1.95. The molecule has 0 spiro atoms. The van der Waals surface area contributed by atoms with Crippen molar-refractivity contribution in [1.29, 1.82) is 0 Å². The Bertz CT molecular complexity index is 752. The van der Waals surface area contributed by atoms with E-state index in [-0.39, 0.29) is 25.1 Å². The minimum Gasteiger partial charge on any atom is -0.395 e. The summed E-state index contributed by atoms with van der Waals surface area (Å²) in [5.74, 6) is -0.169. The molecule has 6 nitrogen and oxygen atoms in total. The fraction of sp³-hybridized carbons (Fsp3) is 0.474. The topological polar surface area (TPSA) is 79.2 Å². The monoisotopic (exact) mass is 344 g/mol. The zero-order chi connectivity index (χ0) is 18.6. The van der Waals surface area contributed by atoms with Gasteiger partial charge in [-0.3, -0.25) is 9.48 Å². The number of aliphatic hydroxyl groups is 1. The molecule has 2 rings (SSSR count). The molecule has 0 aliphatic rings. The fourth-order valence-corrected chi connectivity index (χ4v) is 3.16. The maximum absolute atomic E-state index is 12.3. The van der Waals surface area contributed by atoms with Crippen LogP contribution in [0, 0.1) is 20.8 Å². The number of hydrogen-bond donors (Lipinski definition) is 3. The Hall–Kier alpha value is -2.34. The average molecular weight is 344 g/mol. The van der Waals surface area contributed by atoms with Gasteiger partial charge in [0.15, 0.2) is 0 Å². The summed E-state index contributed by atoms with van der Waals surface area (Å²) < 4.78 is 1.90. The van der Waals surface area contributed by atoms with Gasteiger partial charge in [0.05, 0.1) is 18.3 Å². The number of amides is 1. The molecule has 0 fully saturated rings. The van der Waals surface area contributed by atoms with E-state index in [0.717, 1.165) is 29.1 Å². The number of hydrogen-bond acceptors (Lipinski definition) is 4. The Morgan fingerprint density at radius 3 is 2.60 bits per heavy atom. The number of aliphatic hydroxyl groups excluding tert-OH is 1. The molecule has 0 aliphatic carbocycles. The summed E-state index contributed by atoms with van der Waals surface area (Å²) in [5, 5.41) is 19.7. The molecule has 1 atom stereocenters. The molecule has 1 amide bonds. The van der Waals surface area contributed by atoms with Gasteiger partial charge in [-0.05, 0) is 44.9 Å². The van der Waals surface area contributed by atoms with E-state index >= 15 is 0 Å². The Balaban J connectivity index is 2.31. The highest BCUT2D eigenvalue weighted by atomic mass is 16.3. The number of nitrogens with one attached hydrogen (secondary N) is 2. The van der Waals surface area contributed by atoms with Crippen molar-refractivity contribution in [3.8, 4) is 0 Å². The first-order valence-electron chi connectivity index (χ1n) is 8.66. The predicted molar refractivity (Wildman–Crippen MR) is 99.9 cm³/mol. The van der Waals surface area contributed by atoms with Gasteiger partial charge in [-0.2, -0.15) is 5.10 Å². The zero-order valence-electron chi connectivity index (χ0n) is 15.7. The second-order valence-corrected chi connectivity index (χ2v) is 6.27. The maximum atomic E-state index is 12.3. The Morgan fingerprint density at radius 2 is 2.04 bits per heavy atom. The van der Waals surface area contributed by atoms with Gasteiger partial charge in [0, 0.05) is 36.1 Å². The number of aryl methyl sites for hydroxylation is 2. The Morgan fingerprint density at radius 1 is 1.32 bits per heavy atom. The normalized spacial score (nSPS) is 12.1. The summed E-state index contributed by atoms with van der Waals surface area (Å²) in [6.07, 6.45) is 0.910. The van der Waals surface area contributed by atoms with Crippen LogP contribution in [-0.2, 0) is 7.05 Å². The molecule has 2 aromatic rings. The third-order valence-corrected chi connectivity index (χ3v) is 4.63. The number of anilines is 1. The molecule has 6 heteroatoms. The lowest BCUT2D eigenvalue weighted by Gasteiger charge is -2.21. The van der Waals surface area contributed by atoms with Crippen LogP contribution in [-0.4, -0.2) is 33.9 Å². The lowest BCUT2D eigenvalue weighted by Crippen LogP contribution is -2.27. The van der Waals surface area contributed by atoms with Gasteiger partial charge in [-0.25, -0.2) is 0 Å². The molecule has 136 valence electrons. The third-order valence-electron chi connectivity index (χ3n) is 4.63. The van der Waals surface area contributed by atoms with Gasteiger partial charge in [0.2, 0.25) is 0 Å². The van der Waals surface area contributed by atoms with E-state index in [1.165, 1.54) is 5.56 Å². The van der Waals surface area contributed by atoms with Crippen molar-refractivity contribution in [2.24, 2.45) is 7.05 Å². The van der Waals surface area contributed by atoms with Crippen LogP contribution >= 0.6 is 0 Å². The second kappa shape index (κ2) is 8.16. The van der Waals surface area contributed by atoms with E-state index in [4.69, 9.17) is 5.11 Å². The highest BCUT2D eigenvalue weighted by molar-refractivity contribution is 5.97. The van der Waals surface area contributed by atoms with E-state index in [0.29, 0.717) is 5.56 Å². The van der Waals surface area contributed by atoms with E-state index in [1.807, 2.05) is 37.7 Å². The van der Waals surface area contributed by atoms with Crippen LogP contribution in [0.25, 0.3) is 0 Å². The molecule has 0 saturated carbocycles. The number of carbonyl (C=O) groups is 1. The van der Waals surface area contributed by atoms with E-state index < -0.39 is 0 Å². The SMILES string of the molecule is CCC(Nc1cccc(C(=O)NCCO)c1C)c1c(C)nn(C)c1C. The third kappa shape index (κ3) is 4.02. The number of aromatic nitrogens is 2. The molecule has 0 aliphatic heterocycles. The number of benzene rings is 1. The first kappa shape index (κ1) is 19.0. The Labute approximate surface area is 149 Å². The van der Waals surface area contributed by atoms with Crippen molar-refractivity contribution in [3.05, 3.63) is 46.3 Å². The molecule has 3 N–H and O–H groups in total. The van der Waals surface area contributed by atoms with Crippen molar-refractivity contribution < 1.29 is 9.90 Å². The number of carbonyl (C=O) groups excluding carboxylic acids is 1. The smallest absolute Gasteiger partial charge is 0.251 e. The van der Waals surface area contributed by atoms with Crippen molar-refractivity contribution >= 4 is 11.6 Å². The summed E-state index contributed by atoms with van der Waals surface area (Å²) in [5.41, 5.74) is 5.83. The van der Waals surface area contributed by atoms with Crippen LogP contribution in [0.2, 0.25) is 0 Å². The number of nitrogens with zero attached hydrogens (tertiary/aromatic N) is 2. The molecule has 1 unspecified atom stereocenters. The second-order valence-electron chi connectivity index (χ2n) is 6.27. The average Bonchev–Trinajstić information content (AvgIpc) is 2.84. The van der Waals surface area contributed by atoms with E-state index in [2.05, 4.69) is 29.6 Å². The molecular formula is C19H28N4O2. The summed E-state index contributed by atoms with van der Waals surface area (Å²) in [6, 6.07) is 5.79. The van der Waals surface area contributed by atoms with Gasteiger partial charge in [0.1, 0.15) is 0 Å². The molecule has 1 aromatic carbocycles. The molecular weight excluding hydrogens is 316 g/mol. The highest BCUT2D eigenvalue weighted by Gasteiger charge is 2.20. The quantitative estimate of drug-likeness (QED) is 0.721. The van der Waals surface area contributed by atoms with E-state index in [1.54, 1.807) is 6.07 Å². The summed E-state index contributed by atoms with van der Waals surface area (Å²) >= 11 is 0. The fourth-order valence-electron chi connectivity index (χ4n) is 3.16. The zero-order valence-corrected chi connectivity index (χ0v) is 15.7. The molecule has 0 saturated heterocycles. The molecule has 1 heterocycles. The maximum Gasteiger partial charge on any atom is 0.251 e. The predicted octanol–water partition coefficient (Wildman–Crippen LogP) is 2.63. The van der Waals surface area contributed by atoms with Crippen molar-refractivity contribution in [1.82, 2.24) is 15.1 Å². The van der Waals surface area contributed by atoms with Crippen molar-refractivity contribution in [3.63, 3.8) is 0 Å². The number of rotatable bonds is 7. The molecule has 0 radical (unpaired) electrons. The lowest BCUT2D eigenvalue weighted by molar-refractivity contribution is 0.0944. The summed E-state index contributed by atoms with van der Waals surface area (Å²) in [4.78, 5) is 12.3. The summed E-state index contributed by atoms with van der Waals surface area (Å²) in [6.45, 7) is 8.36. The van der Waals surface area contributed by atoms with Crippen LogP contribution in [0.3, 0.4) is 0 Å². The highest BCUT2D eigenvalue weighted by Crippen LogP contribution is 2.29. The van der Waals surface area contributed by atoms with Gasteiger partial charge in [-0.15, -0.1) is 0 Å². The molecule has 25 heavy (non-hydrogen) atoms. The molecule has 1 aromatic heterocycles. The van der Waals surface area contributed by atoms with Crippen molar-refractivity contribution in [2.75, 3.05) is 18.5 Å². The van der Waals surface area contributed by atoms with Gasteiger partial charge in [0.25, 0.3) is 5.91 Å². The molecule has 0 bridgehead atoms. The van der Waals surface area contributed by atoms with Crippen LogP contribution in [0.15, 0.2) is 18.2 Å². The van der Waals surface area contributed by atoms with Gasteiger partial charge in [-0.1, -0.05) is 13.0 Å². The van der Waals surface area contributed by atoms with Gasteiger partial charge >= 0.3 is 0 Å². The minimum atomic E-state index is -0.169. The van der Waals surface area contributed by atoms with Crippen molar-refractivity contribution in [2.45, 2.75) is 40.2 Å². The van der Waals surface area contributed by atoms with Crippen LogP contribution in [0.1, 0.15) is 52.3 Å². The van der Waals surface area contributed by atoms with Crippen LogP contribution in [0.5, 0.6) is 0 Å². The first-order chi connectivity index (χ1) is 11.9. The van der Waals surface area contributed by atoms with Crippen LogP contribution < -0.4 is 10.6 Å². The van der Waals surface area contributed by atoms with Crippen LogP contribution in [0.4, 0.5) is 5.69 Å². The first-order valence-corrected chi connectivity index (χ1v) is 8.66. The largest absolute Gasteiger partial charge is 0.395 e.